The molecule has 0 bridgehead atoms. The Kier molecular flexibility index (Phi) is 2.32. The number of hydrogen-bond acceptors (Lipinski definition) is 1. The van der Waals surface area contributed by atoms with Crippen LogP contribution in [-0.2, 0) is 0 Å². The van der Waals surface area contributed by atoms with Crippen molar-refractivity contribution in [2.24, 2.45) is 17.3 Å². The van der Waals surface area contributed by atoms with Crippen LogP contribution in [0.25, 0.3) is 0 Å². The smallest absolute Gasteiger partial charge is 0.0692 e. The number of nitriles is 1. The van der Waals surface area contributed by atoms with E-state index in [1.165, 1.54) is 44.9 Å². The van der Waals surface area contributed by atoms with Gasteiger partial charge in [0.05, 0.1) is 11.5 Å². The molecule has 2 unspecified atom stereocenters. The highest BCUT2D eigenvalue weighted by molar-refractivity contribution is 5.07. The molecular weight excluding hydrogens is 158 g/mol. The second-order valence-electron chi connectivity index (χ2n) is 5.10. The SMILES string of the molecule is CC1CCCC(C#N)(C2CCC2)C1. The summed E-state index contributed by atoms with van der Waals surface area (Å²) in [6, 6.07) is 2.65. The van der Waals surface area contributed by atoms with E-state index >= 15 is 0 Å². The molecule has 0 heterocycles. The Morgan fingerprint density at radius 1 is 1.23 bits per heavy atom. The summed E-state index contributed by atoms with van der Waals surface area (Å²) in [7, 11) is 0. The molecule has 2 atom stereocenters. The van der Waals surface area contributed by atoms with Crippen LogP contribution in [0.4, 0.5) is 0 Å². The largest absolute Gasteiger partial charge is 0.198 e. The lowest BCUT2D eigenvalue weighted by Crippen LogP contribution is -2.37. The lowest BCUT2D eigenvalue weighted by Gasteiger charge is -2.44. The van der Waals surface area contributed by atoms with Crippen LogP contribution < -0.4 is 0 Å². The zero-order chi connectivity index (χ0) is 9.31. The molecule has 0 spiro atoms. The Labute approximate surface area is 81.1 Å². The van der Waals surface area contributed by atoms with E-state index < -0.39 is 0 Å². The van der Waals surface area contributed by atoms with E-state index in [0.717, 1.165) is 11.8 Å². The molecule has 2 aliphatic carbocycles. The molecule has 1 heteroatoms. The van der Waals surface area contributed by atoms with Crippen molar-refractivity contribution in [1.29, 1.82) is 5.26 Å². The first-order valence-electron chi connectivity index (χ1n) is 5.68. The van der Waals surface area contributed by atoms with Gasteiger partial charge in [-0.15, -0.1) is 0 Å². The maximum absolute atomic E-state index is 9.34. The van der Waals surface area contributed by atoms with Crippen molar-refractivity contribution in [3.63, 3.8) is 0 Å². The Morgan fingerprint density at radius 3 is 2.46 bits per heavy atom. The molecule has 2 saturated carbocycles. The summed E-state index contributed by atoms with van der Waals surface area (Å²) in [4.78, 5) is 0. The Morgan fingerprint density at radius 2 is 2.00 bits per heavy atom. The lowest BCUT2D eigenvalue weighted by atomic mass is 9.58. The molecule has 0 saturated heterocycles. The van der Waals surface area contributed by atoms with Crippen LogP contribution in [0, 0.1) is 28.6 Å². The molecule has 0 aromatic carbocycles. The third-order valence-corrected chi connectivity index (χ3v) is 4.14. The van der Waals surface area contributed by atoms with E-state index in [2.05, 4.69) is 13.0 Å². The van der Waals surface area contributed by atoms with Gasteiger partial charge in [-0.3, -0.25) is 0 Å². The van der Waals surface area contributed by atoms with Gasteiger partial charge in [0, 0.05) is 0 Å². The quantitative estimate of drug-likeness (QED) is 0.601. The molecule has 72 valence electrons. The highest BCUT2D eigenvalue weighted by Gasteiger charge is 2.44. The molecule has 2 aliphatic rings. The van der Waals surface area contributed by atoms with Crippen LogP contribution in [0.1, 0.15) is 51.9 Å². The zero-order valence-corrected chi connectivity index (χ0v) is 8.55. The minimum atomic E-state index is 0.0932. The molecule has 1 nitrogen and oxygen atoms in total. The van der Waals surface area contributed by atoms with Crippen molar-refractivity contribution in [2.45, 2.75) is 51.9 Å². The van der Waals surface area contributed by atoms with Crippen LogP contribution in [0.15, 0.2) is 0 Å². The molecule has 2 rings (SSSR count). The topological polar surface area (TPSA) is 23.8 Å². The normalized spacial score (nSPS) is 40.8. The molecule has 13 heavy (non-hydrogen) atoms. The standard InChI is InChI=1S/C12H19N/c1-10-4-3-7-12(8-10,9-13)11-5-2-6-11/h10-11H,2-8H2,1H3. The van der Waals surface area contributed by atoms with Crippen LogP contribution in [0.5, 0.6) is 0 Å². The first-order valence-corrected chi connectivity index (χ1v) is 5.68. The molecule has 0 aliphatic heterocycles. The van der Waals surface area contributed by atoms with Crippen LogP contribution >= 0.6 is 0 Å². The van der Waals surface area contributed by atoms with E-state index in [1.807, 2.05) is 0 Å². The predicted molar refractivity (Wildman–Crippen MR) is 53.0 cm³/mol. The molecule has 0 aromatic rings. The second-order valence-corrected chi connectivity index (χ2v) is 5.10. The number of nitrogens with zero attached hydrogens (tertiary/aromatic N) is 1. The fourth-order valence-electron chi connectivity index (χ4n) is 3.12. The second kappa shape index (κ2) is 3.33. The third kappa shape index (κ3) is 1.47. The van der Waals surface area contributed by atoms with Gasteiger partial charge in [-0.05, 0) is 37.5 Å². The minimum Gasteiger partial charge on any atom is -0.198 e. The molecule has 0 radical (unpaired) electrons. The molecular formula is C12H19N. The number of rotatable bonds is 1. The summed E-state index contributed by atoms with van der Waals surface area (Å²) < 4.78 is 0. The zero-order valence-electron chi connectivity index (χ0n) is 8.55. The predicted octanol–water partition coefficient (Wildman–Crippen LogP) is 3.51. The summed E-state index contributed by atoms with van der Waals surface area (Å²) >= 11 is 0. The van der Waals surface area contributed by atoms with E-state index in [0.29, 0.717) is 0 Å². The molecule has 2 fully saturated rings. The molecule has 0 aromatic heterocycles. The first kappa shape index (κ1) is 9.06. The summed E-state index contributed by atoms with van der Waals surface area (Å²) in [5.41, 5.74) is 0.0932. The van der Waals surface area contributed by atoms with Crippen molar-refractivity contribution in [2.75, 3.05) is 0 Å². The van der Waals surface area contributed by atoms with Gasteiger partial charge in [0.25, 0.3) is 0 Å². The fourth-order valence-corrected chi connectivity index (χ4v) is 3.12. The van der Waals surface area contributed by atoms with Gasteiger partial charge in [-0.2, -0.15) is 5.26 Å². The summed E-state index contributed by atoms with van der Waals surface area (Å²) in [5.74, 6) is 1.54. The molecule has 0 N–H and O–H groups in total. The van der Waals surface area contributed by atoms with Gasteiger partial charge < -0.3 is 0 Å². The van der Waals surface area contributed by atoms with Gasteiger partial charge in [-0.25, -0.2) is 0 Å². The monoisotopic (exact) mass is 177 g/mol. The summed E-state index contributed by atoms with van der Waals surface area (Å²) in [5, 5.41) is 9.34. The average molecular weight is 177 g/mol. The third-order valence-electron chi connectivity index (χ3n) is 4.14. The van der Waals surface area contributed by atoms with Gasteiger partial charge in [0.15, 0.2) is 0 Å². The summed E-state index contributed by atoms with van der Waals surface area (Å²) in [6.45, 7) is 2.31. The Bertz CT molecular complexity index is 224. The van der Waals surface area contributed by atoms with Crippen LogP contribution in [-0.4, -0.2) is 0 Å². The van der Waals surface area contributed by atoms with Crippen LogP contribution in [0.3, 0.4) is 0 Å². The van der Waals surface area contributed by atoms with Gasteiger partial charge in [-0.1, -0.05) is 26.2 Å². The van der Waals surface area contributed by atoms with Crippen molar-refractivity contribution in [3.8, 4) is 6.07 Å². The molecule has 0 amide bonds. The van der Waals surface area contributed by atoms with Crippen molar-refractivity contribution in [1.82, 2.24) is 0 Å². The van der Waals surface area contributed by atoms with Crippen molar-refractivity contribution < 1.29 is 0 Å². The van der Waals surface area contributed by atoms with E-state index in [9.17, 15) is 5.26 Å². The number of hydrogen-bond donors (Lipinski definition) is 0. The average Bonchev–Trinajstić information content (AvgIpc) is 2.01. The van der Waals surface area contributed by atoms with Gasteiger partial charge >= 0.3 is 0 Å². The van der Waals surface area contributed by atoms with Crippen LogP contribution in [0.2, 0.25) is 0 Å². The first-order chi connectivity index (χ1) is 6.27. The Balaban J connectivity index is 2.09. The van der Waals surface area contributed by atoms with Gasteiger partial charge in [0.1, 0.15) is 0 Å². The summed E-state index contributed by atoms with van der Waals surface area (Å²) in [6.07, 6.45) is 8.98. The Hall–Kier alpha value is -0.510. The maximum atomic E-state index is 9.34. The van der Waals surface area contributed by atoms with Gasteiger partial charge in [0.2, 0.25) is 0 Å². The maximum Gasteiger partial charge on any atom is 0.0692 e. The highest BCUT2D eigenvalue weighted by atomic mass is 14.5. The fraction of sp³-hybridized carbons (Fsp3) is 0.917. The van der Waals surface area contributed by atoms with E-state index in [-0.39, 0.29) is 5.41 Å². The highest BCUT2D eigenvalue weighted by Crippen LogP contribution is 2.51. The van der Waals surface area contributed by atoms with E-state index in [1.54, 1.807) is 0 Å². The van der Waals surface area contributed by atoms with E-state index in [4.69, 9.17) is 0 Å². The van der Waals surface area contributed by atoms with Crippen molar-refractivity contribution >= 4 is 0 Å². The van der Waals surface area contributed by atoms with Crippen molar-refractivity contribution in [3.05, 3.63) is 0 Å². The lowest BCUT2D eigenvalue weighted by molar-refractivity contribution is 0.0735. The minimum absolute atomic E-state index is 0.0932.